The highest BCUT2D eigenvalue weighted by Crippen LogP contribution is 2.27. The summed E-state index contributed by atoms with van der Waals surface area (Å²) in [5.41, 5.74) is 3.08. The number of phenols is 1. The van der Waals surface area contributed by atoms with Crippen molar-refractivity contribution in [2.24, 2.45) is 4.99 Å². The molecule has 7 nitrogen and oxygen atoms in total. The fourth-order valence-electron chi connectivity index (χ4n) is 3.70. The van der Waals surface area contributed by atoms with Crippen molar-refractivity contribution in [3.05, 3.63) is 72.6 Å². The van der Waals surface area contributed by atoms with Gasteiger partial charge in [-0.05, 0) is 42.8 Å². The van der Waals surface area contributed by atoms with Crippen molar-refractivity contribution < 1.29 is 5.11 Å². The zero-order valence-electron chi connectivity index (χ0n) is 17.3. The van der Waals surface area contributed by atoms with Crippen molar-refractivity contribution in [2.75, 3.05) is 37.6 Å². The number of benzene rings is 2. The smallest absolute Gasteiger partial charge is 0.194 e. The van der Waals surface area contributed by atoms with Crippen LogP contribution in [0.3, 0.4) is 0 Å². The van der Waals surface area contributed by atoms with Gasteiger partial charge in [0.2, 0.25) is 0 Å². The summed E-state index contributed by atoms with van der Waals surface area (Å²) in [6.45, 7) is 6.92. The van der Waals surface area contributed by atoms with E-state index in [0.29, 0.717) is 12.3 Å². The Morgan fingerprint density at radius 3 is 2.63 bits per heavy atom. The maximum atomic E-state index is 10.1. The van der Waals surface area contributed by atoms with Crippen molar-refractivity contribution in [1.29, 1.82) is 0 Å². The summed E-state index contributed by atoms with van der Waals surface area (Å²) >= 11 is 0. The Hall–Kier alpha value is -3.48. The maximum Gasteiger partial charge on any atom is 0.194 e. The molecule has 0 amide bonds. The molecule has 4 rings (SSSR count). The van der Waals surface area contributed by atoms with Crippen LogP contribution in [0.4, 0.5) is 5.69 Å². The number of piperazine rings is 1. The fraction of sp³-hybridized carbons (Fsp3) is 0.304. The maximum absolute atomic E-state index is 10.1. The van der Waals surface area contributed by atoms with Gasteiger partial charge in [-0.2, -0.15) is 5.10 Å². The highest BCUT2D eigenvalue weighted by atomic mass is 16.3. The molecule has 30 heavy (non-hydrogen) atoms. The molecule has 0 aliphatic carbocycles. The van der Waals surface area contributed by atoms with Crippen LogP contribution in [0.1, 0.15) is 12.5 Å². The lowest BCUT2D eigenvalue weighted by Crippen LogP contribution is -2.52. The van der Waals surface area contributed by atoms with E-state index in [1.165, 1.54) is 0 Å². The molecule has 156 valence electrons. The first-order valence-electron chi connectivity index (χ1n) is 10.4. The summed E-state index contributed by atoms with van der Waals surface area (Å²) in [5.74, 6) is 1.27. The molecule has 0 radical (unpaired) electrons. The highest BCUT2D eigenvalue weighted by Gasteiger charge is 2.21. The number of aromatic hydroxyl groups is 1. The molecule has 1 aliphatic rings. The molecule has 1 saturated heterocycles. The third-order valence-corrected chi connectivity index (χ3v) is 5.23. The van der Waals surface area contributed by atoms with Crippen LogP contribution in [0.25, 0.3) is 5.69 Å². The predicted molar refractivity (Wildman–Crippen MR) is 120 cm³/mol. The lowest BCUT2D eigenvalue weighted by molar-refractivity contribution is 0.369. The monoisotopic (exact) mass is 404 g/mol. The molecule has 1 fully saturated rings. The predicted octanol–water partition coefficient (Wildman–Crippen LogP) is 2.87. The van der Waals surface area contributed by atoms with Crippen molar-refractivity contribution in [3.63, 3.8) is 0 Å². The van der Waals surface area contributed by atoms with E-state index >= 15 is 0 Å². The number of nitrogens with zero attached hydrogens (tertiary/aromatic N) is 5. The van der Waals surface area contributed by atoms with Crippen molar-refractivity contribution in [1.82, 2.24) is 20.0 Å². The van der Waals surface area contributed by atoms with Gasteiger partial charge in [0.05, 0.1) is 17.9 Å². The molecule has 2 aromatic carbocycles. The molecule has 3 aromatic rings. The van der Waals surface area contributed by atoms with Gasteiger partial charge >= 0.3 is 0 Å². The molecule has 1 aliphatic heterocycles. The molecule has 0 unspecified atom stereocenters. The molecule has 0 bridgehead atoms. The summed E-state index contributed by atoms with van der Waals surface area (Å²) in [5, 5.41) is 17.8. The second-order valence-corrected chi connectivity index (χ2v) is 7.25. The van der Waals surface area contributed by atoms with Gasteiger partial charge in [0.1, 0.15) is 5.75 Å². The number of rotatable bonds is 5. The third-order valence-electron chi connectivity index (χ3n) is 5.23. The quantitative estimate of drug-likeness (QED) is 0.506. The van der Waals surface area contributed by atoms with E-state index in [1.807, 2.05) is 47.3 Å². The summed E-state index contributed by atoms with van der Waals surface area (Å²) < 4.78 is 1.86. The van der Waals surface area contributed by atoms with E-state index in [2.05, 4.69) is 39.3 Å². The van der Waals surface area contributed by atoms with Crippen LogP contribution in [0.5, 0.6) is 5.75 Å². The van der Waals surface area contributed by atoms with Crippen LogP contribution in [0, 0.1) is 0 Å². The summed E-state index contributed by atoms with van der Waals surface area (Å²) in [4.78, 5) is 9.39. The Balaban J connectivity index is 1.42. The van der Waals surface area contributed by atoms with E-state index < -0.39 is 0 Å². The van der Waals surface area contributed by atoms with E-state index in [0.717, 1.165) is 55.6 Å². The molecule has 2 N–H and O–H groups in total. The van der Waals surface area contributed by atoms with Crippen molar-refractivity contribution >= 4 is 11.6 Å². The van der Waals surface area contributed by atoms with Crippen LogP contribution >= 0.6 is 0 Å². The van der Waals surface area contributed by atoms with Gasteiger partial charge in [0, 0.05) is 45.1 Å². The lowest BCUT2D eigenvalue weighted by Gasteiger charge is -2.37. The van der Waals surface area contributed by atoms with Crippen LogP contribution in [0.2, 0.25) is 0 Å². The molecule has 0 spiro atoms. The zero-order chi connectivity index (χ0) is 20.8. The number of aliphatic imine (C=N–C) groups is 1. The average Bonchev–Trinajstić information content (AvgIpc) is 3.33. The van der Waals surface area contributed by atoms with Gasteiger partial charge in [-0.15, -0.1) is 0 Å². The van der Waals surface area contributed by atoms with Gasteiger partial charge in [-0.25, -0.2) is 9.67 Å². The SMILES string of the molecule is CCNC(=NCc1cccc(-n2cccn2)c1)N1CCN(c2ccccc2O)CC1. The van der Waals surface area contributed by atoms with Crippen LogP contribution < -0.4 is 10.2 Å². The molecule has 1 aromatic heterocycles. The number of aromatic nitrogens is 2. The molecular weight excluding hydrogens is 376 g/mol. The lowest BCUT2D eigenvalue weighted by atomic mass is 10.2. The van der Waals surface area contributed by atoms with Gasteiger partial charge in [0.15, 0.2) is 5.96 Å². The molecule has 0 atom stereocenters. The number of para-hydroxylation sites is 2. The number of hydrogen-bond acceptors (Lipinski definition) is 4. The van der Waals surface area contributed by atoms with Crippen molar-refractivity contribution in [3.8, 4) is 11.4 Å². The Bertz CT molecular complexity index is 977. The number of hydrogen-bond donors (Lipinski definition) is 2. The number of phenolic OH excluding ortho intramolecular Hbond substituents is 1. The topological polar surface area (TPSA) is 68.9 Å². The number of nitrogens with one attached hydrogen (secondary N) is 1. The first-order valence-corrected chi connectivity index (χ1v) is 10.4. The van der Waals surface area contributed by atoms with Gasteiger partial charge < -0.3 is 20.2 Å². The van der Waals surface area contributed by atoms with Crippen LogP contribution in [0.15, 0.2) is 72.0 Å². The van der Waals surface area contributed by atoms with Crippen LogP contribution in [-0.4, -0.2) is 58.5 Å². The summed E-state index contributed by atoms with van der Waals surface area (Å²) in [6.07, 6.45) is 3.72. The van der Waals surface area contributed by atoms with E-state index in [1.54, 1.807) is 12.3 Å². The number of guanidine groups is 1. The summed E-state index contributed by atoms with van der Waals surface area (Å²) in [7, 11) is 0. The van der Waals surface area contributed by atoms with Gasteiger partial charge in [0.25, 0.3) is 0 Å². The Labute approximate surface area is 177 Å². The number of anilines is 1. The Kier molecular flexibility index (Phi) is 6.17. The van der Waals surface area contributed by atoms with E-state index in [9.17, 15) is 5.11 Å². The van der Waals surface area contributed by atoms with Gasteiger partial charge in [-0.1, -0.05) is 24.3 Å². The van der Waals surface area contributed by atoms with Crippen LogP contribution in [-0.2, 0) is 6.54 Å². The Morgan fingerprint density at radius 2 is 1.90 bits per heavy atom. The standard InChI is InChI=1S/C23H28N6O/c1-2-24-23(25-18-19-7-5-8-20(17-19)29-12-6-11-26-29)28-15-13-27(14-16-28)21-9-3-4-10-22(21)30/h3-12,17,30H,2,13-16,18H2,1H3,(H,24,25). The average molecular weight is 405 g/mol. The normalized spacial score (nSPS) is 14.8. The minimum atomic E-state index is 0.337. The molecule has 0 saturated carbocycles. The first-order chi connectivity index (χ1) is 14.7. The van der Waals surface area contributed by atoms with E-state index in [4.69, 9.17) is 4.99 Å². The Morgan fingerprint density at radius 1 is 1.07 bits per heavy atom. The van der Waals surface area contributed by atoms with E-state index in [-0.39, 0.29) is 0 Å². The third kappa shape index (κ3) is 4.56. The molecule has 7 heteroatoms. The molecule has 2 heterocycles. The van der Waals surface area contributed by atoms with Gasteiger partial charge in [-0.3, -0.25) is 0 Å². The largest absolute Gasteiger partial charge is 0.506 e. The summed E-state index contributed by atoms with van der Waals surface area (Å²) in [6, 6.07) is 17.7. The second-order valence-electron chi connectivity index (χ2n) is 7.25. The fourth-order valence-corrected chi connectivity index (χ4v) is 3.70. The molecular formula is C23H28N6O. The van der Waals surface area contributed by atoms with Crippen molar-refractivity contribution in [2.45, 2.75) is 13.5 Å². The zero-order valence-corrected chi connectivity index (χ0v) is 17.3. The first kappa shape index (κ1) is 19.8. The highest BCUT2D eigenvalue weighted by molar-refractivity contribution is 5.80. The minimum absolute atomic E-state index is 0.337. The second kappa shape index (κ2) is 9.35. The minimum Gasteiger partial charge on any atom is -0.506 e.